The van der Waals surface area contributed by atoms with Crippen LogP contribution in [0, 0.1) is 0 Å². The van der Waals surface area contributed by atoms with Gasteiger partial charge in [-0.15, -0.1) is 0 Å². The van der Waals surface area contributed by atoms with Crippen molar-refractivity contribution in [1.29, 1.82) is 0 Å². The number of carbonyl (C=O) groups is 2. The van der Waals surface area contributed by atoms with Gasteiger partial charge >= 0.3 is 11.9 Å². The van der Waals surface area contributed by atoms with Crippen LogP contribution in [-0.2, 0) is 4.74 Å². The van der Waals surface area contributed by atoms with Gasteiger partial charge in [-0.3, -0.25) is 0 Å². The normalized spacial score (nSPS) is 10.1. The van der Waals surface area contributed by atoms with Crippen LogP contribution in [0.3, 0.4) is 0 Å². The zero-order chi connectivity index (χ0) is 16.1. The molecule has 0 aliphatic rings. The highest BCUT2D eigenvalue weighted by molar-refractivity contribution is 6.05. The number of carboxylic acids is 1. The van der Waals surface area contributed by atoms with Crippen molar-refractivity contribution in [2.45, 2.75) is 6.92 Å². The molecular weight excluding hydrogens is 284 g/mol. The van der Waals surface area contributed by atoms with E-state index in [0.29, 0.717) is 16.9 Å². The minimum atomic E-state index is -1.11. The zero-order valence-corrected chi connectivity index (χ0v) is 12.3. The van der Waals surface area contributed by atoms with Crippen molar-refractivity contribution in [1.82, 2.24) is 0 Å². The first-order valence-corrected chi connectivity index (χ1v) is 6.76. The molecule has 22 heavy (non-hydrogen) atoms. The lowest BCUT2D eigenvalue weighted by atomic mass is 9.94. The monoisotopic (exact) mass is 300 g/mol. The van der Waals surface area contributed by atoms with E-state index in [1.807, 2.05) is 0 Å². The van der Waals surface area contributed by atoms with E-state index in [-0.39, 0.29) is 17.7 Å². The van der Waals surface area contributed by atoms with Crippen LogP contribution in [0.2, 0.25) is 0 Å². The molecule has 2 aromatic carbocycles. The SMILES string of the molecule is CCOC(=O)c1cccc(C(=O)O)c1-c1cccc(OC)c1. The Morgan fingerprint density at radius 1 is 1.09 bits per heavy atom. The summed E-state index contributed by atoms with van der Waals surface area (Å²) in [6, 6.07) is 11.4. The van der Waals surface area contributed by atoms with Crippen molar-refractivity contribution in [3.05, 3.63) is 53.6 Å². The Kier molecular flexibility index (Phi) is 4.78. The molecule has 0 unspecified atom stereocenters. The first kappa shape index (κ1) is 15.6. The maximum Gasteiger partial charge on any atom is 0.338 e. The summed E-state index contributed by atoms with van der Waals surface area (Å²) in [5.74, 6) is -1.08. The molecule has 0 atom stereocenters. The Labute approximate surface area is 128 Å². The summed E-state index contributed by atoms with van der Waals surface area (Å²) in [7, 11) is 1.52. The summed E-state index contributed by atoms with van der Waals surface area (Å²) in [6.07, 6.45) is 0. The summed E-state index contributed by atoms with van der Waals surface area (Å²) in [5.41, 5.74) is 1.17. The smallest absolute Gasteiger partial charge is 0.338 e. The van der Waals surface area contributed by atoms with Crippen molar-refractivity contribution in [3.8, 4) is 16.9 Å². The summed E-state index contributed by atoms with van der Waals surface area (Å²) >= 11 is 0. The minimum Gasteiger partial charge on any atom is -0.497 e. The van der Waals surface area contributed by atoms with Crippen LogP contribution in [0.25, 0.3) is 11.1 Å². The van der Waals surface area contributed by atoms with E-state index in [4.69, 9.17) is 9.47 Å². The fourth-order valence-corrected chi connectivity index (χ4v) is 2.20. The molecule has 5 nitrogen and oxygen atoms in total. The molecule has 0 saturated carbocycles. The maximum atomic E-state index is 12.1. The lowest BCUT2D eigenvalue weighted by Crippen LogP contribution is -2.10. The van der Waals surface area contributed by atoms with Crippen molar-refractivity contribution in [3.63, 3.8) is 0 Å². The van der Waals surface area contributed by atoms with Gasteiger partial charge in [-0.05, 0) is 36.8 Å². The second-order valence-corrected chi connectivity index (χ2v) is 4.49. The molecule has 5 heteroatoms. The fraction of sp³-hybridized carbons (Fsp3) is 0.176. The molecule has 0 aliphatic carbocycles. The van der Waals surface area contributed by atoms with Gasteiger partial charge in [-0.25, -0.2) is 9.59 Å². The Morgan fingerprint density at radius 3 is 2.41 bits per heavy atom. The topological polar surface area (TPSA) is 72.8 Å². The highest BCUT2D eigenvalue weighted by atomic mass is 16.5. The zero-order valence-electron chi connectivity index (χ0n) is 12.3. The second kappa shape index (κ2) is 6.76. The number of hydrogen-bond acceptors (Lipinski definition) is 4. The molecule has 0 heterocycles. The molecule has 2 aromatic rings. The molecular formula is C17H16O5. The summed E-state index contributed by atoms with van der Waals surface area (Å²) < 4.78 is 10.2. The third-order valence-corrected chi connectivity index (χ3v) is 3.15. The highest BCUT2D eigenvalue weighted by Crippen LogP contribution is 2.31. The van der Waals surface area contributed by atoms with Gasteiger partial charge in [0.25, 0.3) is 0 Å². The van der Waals surface area contributed by atoms with Gasteiger partial charge in [0.15, 0.2) is 0 Å². The third-order valence-electron chi connectivity index (χ3n) is 3.15. The molecule has 0 fully saturated rings. The molecule has 0 aliphatic heterocycles. The average molecular weight is 300 g/mol. The molecule has 114 valence electrons. The van der Waals surface area contributed by atoms with E-state index < -0.39 is 11.9 Å². The number of hydrogen-bond donors (Lipinski definition) is 1. The molecule has 0 saturated heterocycles. The molecule has 0 aromatic heterocycles. The minimum absolute atomic E-state index is 0.0406. The first-order chi connectivity index (χ1) is 10.6. The van der Waals surface area contributed by atoms with Crippen LogP contribution in [0.1, 0.15) is 27.6 Å². The van der Waals surface area contributed by atoms with Crippen molar-refractivity contribution >= 4 is 11.9 Å². The number of benzene rings is 2. The van der Waals surface area contributed by atoms with Crippen LogP contribution >= 0.6 is 0 Å². The molecule has 0 bridgehead atoms. The number of ether oxygens (including phenoxy) is 2. The van der Waals surface area contributed by atoms with Crippen molar-refractivity contribution in [2.24, 2.45) is 0 Å². The fourth-order valence-electron chi connectivity index (χ4n) is 2.20. The number of rotatable bonds is 5. The standard InChI is InChI=1S/C17H16O5/c1-3-22-17(20)14-9-5-8-13(16(18)19)15(14)11-6-4-7-12(10-11)21-2/h4-10H,3H2,1-2H3,(H,18,19). The van der Waals surface area contributed by atoms with E-state index in [1.54, 1.807) is 37.3 Å². The number of aromatic carboxylic acids is 1. The van der Waals surface area contributed by atoms with Crippen LogP contribution in [0.4, 0.5) is 0 Å². The summed E-state index contributed by atoms with van der Waals surface area (Å²) in [5, 5.41) is 9.41. The van der Waals surface area contributed by atoms with Crippen LogP contribution < -0.4 is 4.74 Å². The Morgan fingerprint density at radius 2 is 1.77 bits per heavy atom. The lowest BCUT2D eigenvalue weighted by Gasteiger charge is -2.13. The van der Waals surface area contributed by atoms with Gasteiger partial charge in [0.1, 0.15) is 5.75 Å². The number of carbonyl (C=O) groups excluding carboxylic acids is 1. The Bertz CT molecular complexity index is 706. The van der Waals surface area contributed by atoms with Gasteiger partial charge in [0, 0.05) is 5.56 Å². The molecule has 0 radical (unpaired) electrons. The van der Waals surface area contributed by atoms with Gasteiger partial charge in [0.2, 0.25) is 0 Å². The van der Waals surface area contributed by atoms with E-state index in [2.05, 4.69) is 0 Å². The quantitative estimate of drug-likeness (QED) is 0.858. The molecule has 1 N–H and O–H groups in total. The first-order valence-electron chi connectivity index (χ1n) is 6.76. The van der Waals surface area contributed by atoms with Crippen LogP contribution in [-0.4, -0.2) is 30.8 Å². The van der Waals surface area contributed by atoms with E-state index in [9.17, 15) is 14.7 Å². The van der Waals surface area contributed by atoms with E-state index in [0.717, 1.165) is 0 Å². The second-order valence-electron chi connectivity index (χ2n) is 4.49. The van der Waals surface area contributed by atoms with Gasteiger partial charge in [-0.2, -0.15) is 0 Å². The predicted octanol–water partition coefficient (Wildman–Crippen LogP) is 3.24. The summed E-state index contributed by atoms with van der Waals surface area (Å²) in [4.78, 5) is 23.6. The Balaban J connectivity index is 2.69. The van der Waals surface area contributed by atoms with Gasteiger partial charge < -0.3 is 14.6 Å². The third kappa shape index (κ3) is 3.09. The van der Waals surface area contributed by atoms with Crippen LogP contribution in [0.5, 0.6) is 5.75 Å². The van der Waals surface area contributed by atoms with Crippen molar-refractivity contribution < 1.29 is 24.2 Å². The highest BCUT2D eigenvalue weighted by Gasteiger charge is 2.21. The van der Waals surface area contributed by atoms with E-state index >= 15 is 0 Å². The van der Waals surface area contributed by atoms with Crippen molar-refractivity contribution in [2.75, 3.05) is 13.7 Å². The maximum absolute atomic E-state index is 12.1. The van der Waals surface area contributed by atoms with E-state index in [1.165, 1.54) is 19.2 Å². The predicted molar refractivity (Wildman–Crippen MR) is 81.3 cm³/mol. The average Bonchev–Trinajstić information content (AvgIpc) is 2.54. The van der Waals surface area contributed by atoms with Gasteiger partial charge in [0.05, 0.1) is 24.8 Å². The molecule has 0 spiro atoms. The largest absolute Gasteiger partial charge is 0.497 e. The summed E-state index contributed by atoms with van der Waals surface area (Å²) in [6.45, 7) is 1.91. The number of carboxylic acid groups (broad SMARTS) is 1. The lowest BCUT2D eigenvalue weighted by molar-refractivity contribution is 0.0527. The number of esters is 1. The van der Waals surface area contributed by atoms with Crippen LogP contribution in [0.15, 0.2) is 42.5 Å². The Hall–Kier alpha value is -2.82. The molecule has 0 amide bonds. The molecule has 2 rings (SSSR count). The van der Waals surface area contributed by atoms with Gasteiger partial charge in [-0.1, -0.05) is 18.2 Å². The number of methoxy groups -OCH3 is 1.